The molecule has 1 saturated heterocycles. The molecule has 1 saturated carbocycles. The van der Waals surface area contributed by atoms with Gasteiger partial charge in [-0.2, -0.15) is 0 Å². The van der Waals surface area contributed by atoms with E-state index in [0.29, 0.717) is 28.6 Å². The van der Waals surface area contributed by atoms with E-state index in [1.54, 1.807) is 0 Å². The van der Waals surface area contributed by atoms with Crippen molar-refractivity contribution in [1.29, 1.82) is 0 Å². The van der Waals surface area contributed by atoms with E-state index in [1.165, 1.54) is 0 Å². The van der Waals surface area contributed by atoms with Crippen LogP contribution in [0.4, 0.5) is 0 Å². The first-order valence-corrected chi connectivity index (χ1v) is 14.6. The van der Waals surface area contributed by atoms with Gasteiger partial charge in [0.1, 0.15) is 0 Å². The van der Waals surface area contributed by atoms with E-state index in [0.717, 1.165) is 44.2 Å². The van der Waals surface area contributed by atoms with Crippen LogP contribution in [0.1, 0.15) is 58.4 Å². The van der Waals surface area contributed by atoms with Crippen molar-refractivity contribution >= 4 is 37.4 Å². The van der Waals surface area contributed by atoms with Crippen LogP contribution in [0.25, 0.3) is 0 Å². The fourth-order valence-electron chi connectivity index (χ4n) is 4.36. The van der Waals surface area contributed by atoms with Crippen LogP contribution < -0.4 is 0 Å². The SMILES string of the molecule is CC(C)(C)[Si](C)(C)OC1CCC(N2CCC(Cc3c(Cl)cccc3Cl)C2=O)CC1. The van der Waals surface area contributed by atoms with E-state index in [2.05, 4.69) is 38.8 Å². The number of rotatable bonds is 5. The average Bonchev–Trinajstić information content (AvgIpc) is 2.98. The molecule has 0 N–H and O–H groups in total. The second kappa shape index (κ2) is 8.90. The second-order valence-corrected chi connectivity index (χ2v) is 15.8. The number of nitrogens with zero attached hydrogens (tertiary/aromatic N) is 1. The molecular formula is C23H35Cl2NO2Si. The summed E-state index contributed by atoms with van der Waals surface area (Å²) in [6, 6.07) is 5.91. The highest BCUT2D eigenvalue weighted by Gasteiger charge is 2.42. The lowest BCUT2D eigenvalue weighted by Gasteiger charge is -2.42. The van der Waals surface area contributed by atoms with E-state index in [-0.39, 0.29) is 16.9 Å². The molecule has 3 rings (SSSR count). The molecule has 1 amide bonds. The van der Waals surface area contributed by atoms with Crippen LogP contribution in [0, 0.1) is 5.92 Å². The van der Waals surface area contributed by atoms with Crippen LogP contribution in [0.2, 0.25) is 28.2 Å². The van der Waals surface area contributed by atoms with Crippen molar-refractivity contribution in [2.75, 3.05) is 6.54 Å². The molecule has 1 aliphatic carbocycles. The zero-order valence-corrected chi connectivity index (χ0v) is 20.9. The van der Waals surface area contributed by atoms with Crippen molar-refractivity contribution < 1.29 is 9.22 Å². The van der Waals surface area contributed by atoms with E-state index in [9.17, 15) is 4.79 Å². The third-order valence-corrected chi connectivity index (χ3v) is 12.5. The Hall–Kier alpha value is -0.553. The first-order chi connectivity index (χ1) is 13.5. The maximum atomic E-state index is 13.1. The maximum Gasteiger partial charge on any atom is 0.226 e. The Balaban J connectivity index is 1.55. The minimum atomic E-state index is -1.73. The van der Waals surface area contributed by atoms with Crippen molar-refractivity contribution in [1.82, 2.24) is 4.90 Å². The lowest BCUT2D eigenvalue weighted by Crippen LogP contribution is -2.47. The molecule has 3 nitrogen and oxygen atoms in total. The van der Waals surface area contributed by atoms with Gasteiger partial charge in [-0.3, -0.25) is 4.79 Å². The summed E-state index contributed by atoms with van der Waals surface area (Å²) in [7, 11) is -1.73. The van der Waals surface area contributed by atoms with Gasteiger partial charge in [-0.1, -0.05) is 50.0 Å². The first-order valence-electron chi connectivity index (χ1n) is 10.9. The summed E-state index contributed by atoms with van der Waals surface area (Å²) < 4.78 is 6.61. The molecule has 0 bridgehead atoms. The molecule has 29 heavy (non-hydrogen) atoms. The number of carbonyl (C=O) groups is 1. The number of hydrogen-bond donors (Lipinski definition) is 0. The zero-order valence-electron chi connectivity index (χ0n) is 18.4. The van der Waals surface area contributed by atoms with Crippen molar-refractivity contribution in [3.8, 4) is 0 Å². The van der Waals surface area contributed by atoms with Gasteiger partial charge in [0.15, 0.2) is 8.32 Å². The minimum absolute atomic E-state index is 0.00592. The number of benzene rings is 1. The van der Waals surface area contributed by atoms with Gasteiger partial charge in [0.25, 0.3) is 0 Å². The number of hydrogen-bond acceptors (Lipinski definition) is 2. The highest BCUT2D eigenvalue weighted by molar-refractivity contribution is 6.74. The van der Waals surface area contributed by atoms with Crippen molar-refractivity contribution in [3.05, 3.63) is 33.8 Å². The number of amides is 1. The van der Waals surface area contributed by atoms with Crippen LogP contribution in [0.5, 0.6) is 0 Å². The molecule has 162 valence electrons. The smallest absolute Gasteiger partial charge is 0.226 e. The lowest BCUT2D eigenvalue weighted by atomic mass is 9.92. The van der Waals surface area contributed by atoms with Crippen LogP contribution in [0.3, 0.4) is 0 Å². The molecule has 1 atom stereocenters. The summed E-state index contributed by atoms with van der Waals surface area (Å²) >= 11 is 12.6. The molecule has 0 aromatic heterocycles. The van der Waals surface area contributed by atoms with Gasteiger partial charge >= 0.3 is 0 Å². The lowest BCUT2D eigenvalue weighted by molar-refractivity contribution is -0.133. The van der Waals surface area contributed by atoms with Gasteiger partial charge in [-0.15, -0.1) is 0 Å². The highest BCUT2D eigenvalue weighted by atomic mass is 35.5. The van der Waals surface area contributed by atoms with Crippen molar-refractivity contribution in [3.63, 3.8) is 0 Å². The second-order valence-electron chi connectivity index (χ2n) is 10.2. The third kappa shape index (κ3) is 5.20. The van der Waals surface area contributed by atoms with Gasteiger partial charge in [-0.05, 0) is 74.4 Å². The number of likely N-dealkylation sites (tertiary alicyclic amines) is 1. The van der Waals surface area contributed by atoms with Gasteiger partial charge in [0.05, 0.1) is 0 Å². The summed E-state index contributed by atoms with van der Waals surface area (Å²) in [5.41, 5.74) is 0.905. The number of halogens is 2. The fraction of sp³-hybridized carbons (Fsp3) is 0.696. The van der Waals surface area contributed by atoms with E-state index < -0.39 is 8.32 Å². The van der Waals surface area contributed by atoms with Crippen LogP contribution >= 0.6 is 23.2 Å². The van der Waals surface area contributed by atoms with E-state index in [1.807, 2.05) is 18.2 Å². The largest absolute Gasteiger partial charge is 0.414 e. The molecule has 1 aromatic carbocycles. The molecule has 1 aromatic rings. The van der Waals surface area contributed by atoms with Gasteiger partial charge in [0.2, 0.25) is 5.91 Å². The molecule has 0 radical (unpaired) electrons. The van der Waals surface area contributed by atoms with Crippen molar-refractivity contribution in [2.24, 2.45) is 5.92 Å². The quantitative estimate of drug-likeness (QED) is 0.461. The molecule has 1 aliphatic heterocycles. The van der Waals surface area contributed by atoms with Gasteiger partial charge in [0, 0.05) is 34.7 Å². The Labute approximate surface area is 187 Å². The topological polar surface area (TPSA) is 29.5 Å². The summed E-state index contributed by atoms with van der Waals surface area (Å²) in [5, 5.41) is 1.56. The Kier molecular flexibility index (Phi) is 7.09. The molecular weight excluding hydrogens is 421 g/mol. The third-order valence-electron chi connectivity index (χ3n) is 7.21. The molecule has 6 heteroatoms. The Morgan fingerprint density at radius 2 is 1.66 bits per heavy atom. The molecule has 2 aliphatic rings. The van der Waals surface area contributed by atoms with Crippen molar-refractivity contribution in [2.45, 2.75) is 89.6 Å². The Bertz CT molecular complexity index is 719. The Morgan fingerprint density at radius 1 is 1.07 bits per heavy atom. The predicted octanol–water partition coefficient (Wildman–Crippen LogP) is 6.72. The van der Waals surface area contributed by atoms with Crippen LogP contribution in [-0.2, 0) is 15.6 Å². The van der Waals surface area contributed by atoms with Gasteiger partial charge in [-0.25, -0.2) is 0 Å². The van der Waals surface area contributed by atoms with E-state index in [4.69, 9.17) is 27.6 Å². The van der Waals surface area contributed by atoms with Crippen LogP contribution in [-0.4, -0.2) is 37.8 Å². The first kappa shape index (κ1) is 23.1. The fourth-order valence-corrected chi connectivity index (χ4v) is 6.33. The summed E-state index contributed by atoms with van der Waals surface area (Å²) in [5.74, 6) is 0.267. The summed E-state index contributed by atoms with van der Waals surface area (Å²) in [6.45, 7) is 12.4. The zero-order chi connectivity index (χ0) is 21.4. The summed E-state index contributed by atoms with van der Waals surface area (Å²) in [6.07, 6.45) is 6.08. The van der Waals surface area contributed by atoms with Gasteiger partial charge < -0.3 is 9.33 Å². The van der Waals surface area contributed by atoms with E-state index >= 15 is 0 Å². The predicted molar refractivity (Wildman–Crippen MR) is 124 cm³/mol. The molecule has 1 heterocycles. The van der Waals surface area contributed by atoms with Crippen LogP contribution in [0.15, 0.2) is 18.2 Å². The maximum absolute atomic E-state index is 13.1. The Morgan fingerprint density at radius 3 is 2.21 bits per heavy atom. The number of carbonyl (C=O) groups excluding carboxylic acids is 1. The average molecular weight is 457 g/mol. The minimum Gasteiger partial charge on any atom is -0.414 e. The monoisotopic (exact) mass is 455 g/mol. The standard InChI is InChI=1S/C23H35Cl2NO2Si/c1-23(2,3)29(4,5)28-18-11-9-17(10-12-18)26-14-13-16(22(26)27)15-19-20(24)7-6-8-21(19)25/h6-8,16-18H,9-15H2,1-5H3. The molecule has 2 fully saturated rings. The highest BCUT2D eigenvalue weighted by Crippen LogP contribution is 2.40. The normalized spacial score (nSPS) is 26.2. The summed E-state index contributed by atoms with van der Waals surface area (Å²) in [4.78, 5) is 15.2. The molecule has 1 unspecified atom stereocenters. The molecule has 0 spiro atoms.